The molecular formula is C18H24N4O2S. The first-order chi connectivity index (χ1) is 11.7. The first-order valence-electron chi connectivity index (χ1n) is 8.29. The van der Waals surface area contributed by atoms with E-state index in [4.69, 9.17) is 0 Å². The van der Waals surface area contributed by atoms with Crippen molar-refractivity contribution in [3.63, 3.8) is 0 Å². The second-order valence-corrected chi connectivity index (χ2v) is 7.81. The molecule has 0 saturated carbocycles. The summed E-state index contributed by atoms with van der Waals surface area (Å²) in [6, 6.07) is 6.83. The number of hydrogen-bond acceptors (Lipinski definition) is 5. The summed E-state index contributed by atoms with van der Waals surface area (Å²) in [4.78, 5) is 24.2. The molecule has 6 nitrogen and oxygen atoms in total. The second-order valence-electron chi connectivity index (χ2n) is 6.83. The summed E-state index contributed by atoms with van der Waals surface area (Å²) >= 11 is 1.38. The topological polar surface area (TPSA) is 84.0 Å². The van der Waals surface area contributed by atoms with Crippen molar-refractivity contribution in [3.8, 4) is 0 Å². The van der Waals surface area contributed by atoms with Gasteiger partial charge in [0.2, 0.25) is 11.0 Å². The van der Waals surface area contributed by atoms with Crippen LogP contribution in [-0.2, 0) is 10.2 Å². The lowest BCUT2D eigenvalue weighted by atomic mass is 9.91. The van der Waals surface area contributed by atoms with E-state index in [0.717, 1.165) is 11.4 Å². The molecule has 1 aromatic carbocycles. The summed E-state index contributed by atoms with van der Waals surface area (Å²) in [5.41, 5.74) is 0.978. The zero-order valence-corrected chi connectivity index (χ0v) is 16.0. The minimum atomic E-state index is -0.280. The summed E-state index contributed by atoms with van der Waals surface area (Å²) in [6.45, 7) is 9.92. The summed E-state index contributed by atoms with van der Waals surface area (Å²) < 4.78 is 0. The Morgan fingerprint density at radius 2 is 1.92 bits per heavy atom. The standard InChI is InChI=1S/C18H24N4O2S/c1-6-18(4,5)16-21-22-17(25-16)20-15(24)12-8-7-9-13(10-12)19-14(23)11(2)3/h7-11H,6H2,1-5H3,(H,19,23)(H,20,22,24). The Bertz CT molecular complexity index is 768. The van der Waals surface area contributed by atoms with Crippen molar-refractivity contribution in [3.05, 3.63) is 34.8 Å². The lowest BCUT2D eigenvalue weighted by Crippen LogP contribution is -2.18. The van der Waals surface area contributed by atoms with E-state index < -0.39 is 0 Å². The van der Waals surface area contributed by atoms with Crippen molar-refractivity contribution < 1.29 is 9.59 Å². The van der Waals surface area contributed by atoms with Gasteiger partial charge in [0.05, 0.1) is 0 Å². The Balaban J connectivity index is 2.10. The maximum absolute atomic E-state index is 12.4. The van der Waals surface area contributed by atoms with Crippen molar-refractivity contribution in [2.24, 2.45) is 5.92 Å². The fraction of sp³-hybridized carbons (Fsp3) is 0.444. The van der Waals surface area contributed by atoms with Crippen LogP contribution >= 0.6 is 11.3 Å². The van der Waals surface area contributed by atoms with Crippen LogP contribution in [0.15, 0.2) is 24.3 Å². The van der Waals surface area contributed by atoms with Crippen LogP contribution in [0.3, 0.4) is 0 Å². The number of aromatic nitrogens is 2. The molecule has 1 heterocycles. The minimum absolute atomic E-state index is 0.0678. The molecule has 0 bridgehead atoms. The van der Waals surface area contributed by atoms with E-state index >= 15 is 0 Å². The number of anilines is 2. The zero-order chi connectivity index (χ0) is 18.6. The van der Waals surface area contributed by atoms with Crippen LogP contribution in [0.5, 0.6) is 0 Å². The molecule has 1 aromatic heterocycles. The van der Waals surface area contributed by atoms with E-state index in [-0.39, 0.29) is 23.1 Å². The Kier molecular flexibility index (Phi) is 5.89. The van der Waals surface area contributed by atoms with Crippen LogP contribution < -0.4 is 10.6 Å². The van der Waals surface area contributed by atoms with Crippen molar-refractivity contribution in [2.75, 3.05) is 10.6 Å². The zero-order valence-electron chi connectivity index (χ0n) is 15.2. The van der Waals surface area contributed by atoms with Gasteiger partial charge >= 0.3 is 0 Å². The van der Waals surface area contributed by atoms with E-state index in [1.165, 1.54) is 11.3 Å². The van der Waals surface area contributed by atoms with Gasteiger partial charge in [-0.25, -0.2) is 0 Å². The summed E-state index contributed by atoms with van der Waals surface area (Å²) in [7, 11) is 0. The highest BCUT2D eigenvalue weighted by Crippen LogP contribution is 2.31. The molecule has 2 rings (SSSR count). The van der Waals surface area contributed by atoms with E-state index in [9.17, 15) is 9.59 Å². The fourth-order valence-electron chi connectivity index (χ4n) is 1.89. The smallest absolute Gasteiger partial charge is 0.257 e. The third kappa shape index (κ3) is 4.85. The van der Waals surface area contributed by atoms with Crippen LogP contribution in [0, 0.1) is 5.92 Å². The number of carbonyl (C=O) groups is 2. The average molecular weight is 360 g/mol. The van der Waals surface area contributed by atoms with Gasteiger partial charge in [0, 0.05) is 22.6 Å². The molecule has 25 heavy (non-hydrogen) atoms. The number of benzene rings is 1. The second kappa shape index (κ2) is 7.74. The van der Waals surface area contributed by atoms with Gasteiger partial charge < -0.3 is 5.32 Å². The monoisotopic (exact) mass is 360 g/mol. The van der Waals surface area contributed by atoms with Crippen LogP contribution in [-0.4, -0.2) is 22.0 Å². The minimum Gasteiger partial charge on any atom is -0.326 e. The lowest BCUT2D eigenvalue weighted by Gasteiger charge is -2.17. The van der Waals surface area contributed by atoms with Crippen LogP contribution in [0.25, 0.3) is 0 Å². The van der Waals surface area contributed by atoms with Crippen molar-refractivity contribution >= 4 is 34.0 Å². The molecule has 134 valence electrons. The van der Waals surface area contributed by atoms with Crippen LogP contribution in [0.1, 0.15) is 56.4 Å². The van der Waals surface area contributed by atoms with Gasteiger partial charge in [-0.15, -0.1) is 10.2 Å². The molecule has 0 unspecified atom stereocenters. The molecule has 0 atom stereocenters. The van der Waals surface area contributed by atoms with Crippen LogP contribution in [0.4, 0.5) is 10.8 Å². The molecule has 7 heteroatoms. The molecule has 0 saturated heterocycles. The molecular weight excluding hydrogens is 336 g/mol. The van der Waals surface area contributed by atoms with Gasteiger partial charge in [-0.3, -0.25) is 14.9 Å². The van der Waals surface area contributed by atoms with Crippen molar-refractivity contribution in [1.82, 2.24) is 10.2 Å². The highest BCUT2D eigenvalue weighted by atomic mass is 32.1. The first-order valence-corrected chi connectivity index (χ1v) is 9.11. The number of hydrogen-bond donors (Lipinski definition) is 2. The third-order valence-electron chi connectivity index (χ3n) is 4.02. The fourth-order valence-corrected chi connectivity index (χ4v) is 2.80. The maximum Gasteiger partial charge on any atom is 0.257 e. The number of rotatable bonds is 6. The molecule has 2 amide bonds. The van der Waals surface area contributed by atoms with E-state index in [0.29, 0.717) is 16.4 Å². The normalized spacial score (nSPS) is 11.4. The van der Waals surface area contributed by atoms with E-state index in [2.05, 4.69) is 41.6 Å². The first kappa shape index (κ1) is 19.1. The van der Waals surface area contributed by atoms with Crippen molar-refractivity contribution in [2.45, 2.75) is 46.5 Å². The largest absolute Gasteiger partial charge is 0.326 e. The Morgan fingerprint density at radius 3 is 2.56 bits per heavy atom. The molecule has 0 aliphatic carbocycles. The average Bonchev–Trinajstić information content (AvgIpc) is 3.04. The molecule has 2 N–H and O–H groups in total. The molecule has 0 radical (unpaired) electrons. The Morgan fingerprint density at radius 1 is 1.20 bits per heavy atom. The van der Waals surface area contributed by atoms with Gasteiger partial charge in [0.25, 0.3) is 5.91 Å². The van der Waals surface area contributed by atoms with Crippen molar-refractivity contribution in [1.29, 1.82) is 0 Å². The Labute approximate surface area is 152 Å². The SMILES string of the molecule is CCC(C)(C)c1nnc(NC(=O)c2cccc(NC(=O)C(C)C)c2)s1. The van der Waals surface area contributed by atoms with Crippen LogP contribution in [0.2, 0.25) is 0 Å². The molecule has 0 aliphatic heterocycles. The molecule has 0 spiro atoms. The van der Waals surface area contributed by atoms with Gasteiger partial charge in [-0.1, -0.05) is 52.0 Å². The lowest BCUT2D eigenvalue weighted by molar-refractivity contribution is -0.118. The van der Waals surface area contributed by atoms with Gasteiger partial charge in [-0.05, 0) is 24.6 Å². The van der Waals surface area contributed by atoms with Gasteiger partial charge in [-0.2, -0.15) is 0 Å². The maximum atomic E-state index is 12.4. The number of nitrogens with zero attached hydrogens (tertiary/aromatic N) is 2. The highest BCUT2D eigenvalue weighted by Gasteiger charge is 2.23. The summed E-state index contributed by atoms with van der Waals surface area (Å²) in [5, 5.41) is 15.2. The quantitative estimate of drug-likeness (QED) is 0.813. The molecule has 2 aromatic rings. The third-order valence-corrected chi connectivity index (χ3v) is 5.23. The number of amides is 2. The predicted molar refractivity (Wildman–Crippen MR) is 101 cm³/mol. The molecule has 0 aliphatic rings. The highest BCUT2D eigenvalue weighted by molar-refractivity contribution is 7.15. The number of nitrogens with one attached hydrogen (secondary N) is 2. The Hall–Kier alpha value is -2.28. The van der Waals surface area contributed by atoms with E-state index in [1.54, 1.807) is 24.3 Å². The van der Waals surface area contributed by atoms with Gasteiger partial charge in [0.15, 0.2) is 0 Å². The summed E-state index contributed by atoms with van der Waals surface area (Å²) in [5.74, 6) is -0.495. The summed E-state index contributed by atoms with van der Waals surface area (Å²) in [6.07, 6.45) is 0.938. The van der Waals surface area contributed by atoms with Gasteiger partial charge in [0.1, 0.15) is 5.01 Å². The predicted octanol–water partition coefficient (Wildman–Crippen LogP) is 4.07. The van der Waals surface area contributed by atoms with E-state index in [1.807, 2.05) is 13.8 Å². The molecule has 0 fully saturated rings. The number of carbonyl (C=O) groups excluding carboxylic acids is 2.